The number of anilines is 2. The van der Waals surface area contributed by atoms with Crippen LogP contribution in [0.2, 0.25) is 0 Å². The van der Waals surface area contributed by atoms with Crippen molar-refractivity contribution in [2.75, 3.05) is 5.32 Å². The van der Waals surface area contributed by atoms with Crippen molar-refractivity contribution < 1.29 is 19.8 Å². The van der Waals surface area contributed by atoms with Gasteiger partial charge in [0.15, 0.2) is 4.77 Å². The zero-order valence-electron chi connectivity index (χ0n) is 10.2. The van der Waals surface area contributed by atoms with Crippen LogP contribution in [-0.2, 0) is 0 Å². The molecule has 5 N–H and O–H groups in total. The lowest BCUT2D eigenvalue weighted by atomic mass is 10.1. The van der Waals surface area contributed by atoms with Gasteiger partial charge in [0.2, 0.25) is 10.7 Å². The van der Waals surface area contributed by atoms with E-state index in [4.69, 9.17) is 29.5 Å². The molecule has 0 radical (unpaired) electrons. The van der Waals surface area contributed by atoms with E-state index in [1.54, 1.807) is 0 Å². The van der Waals surface area contributed by atoms with Crippen molar-refractivity contribution in [3.05, 3.63) is 38.9 Å². The summed E-state index contributed by atoms with van der Waals surface area (Å²) in [4.78, 5) is 31.5. The van der Waals surface area contributed by atoms with Gasteiger partial charge in [-0.15, -0.1) is 0 Å². The second-order valence-electron chi connectivity index (χ2n) is 3.81. The van der Waals surface area contributed by atoms with Crippen LogP contribution in [0.5, 0.6) is 0 Å². The van der Waals surface area contributed by atoms with Crippen LogP contribution in [0.1, 0.15) is 20.7 Å². The summed E-state index contributed by atoms with van der Waals surface area (Å²) in [5.41, 5.74) is -0.668. The average molecular weight is 324 g/mol. The number of nitrogens with zero attached hydrogens (tertiary/aromatic N) is 1. The fraction of sp³-hybridized carbons (Fsp3) is 0. The third-order valence-electron chi connectivity index (χ3n) is 2.43. The highest BCUT2D eigenvalue weighted by molar-refractivity contribution is 7.71. The molecule has 1 aromatic heterocycles. The molecule has 0 aliphatic rings. The zero-order chi connectivity index (χ0) is 15.6. The number of aromatic amines is 2. The zero-order valence-corrected chi connectivity index (χ0v) is 11.8. The van der Waals surface area contributed by atoms with Gasteiger partial charge in [0, 0.05) is 0 Å². The van der Waals surface area contributed by atoms with Gasteiger partial charge in [0.05, 0.1) is 16.8 Å². The lowest BCUT2D eigenvalue weighted by molar-refractivity contribution is 0.0652. The SMILES string of the molecule is O=C(O)c1cccc(Nc2nc(=S)[nH]c(=S)[nH]2)c1C(=O)O. The summed E-state index contributed by atoms with van der Waals surface area (Å²) in [5.74, 6) is -2.62. The van der Waals surface area contributed by atoms with Crippen molar-refractivity contribution in [3.63, 3.8) is 0 Å². The highest BCUT2D eigenvalue weighted by Gasteiger charge is 2.20. The molecule has 0 aliphatic heterocycles. The summed E-state index contributed by atoms with van der Waals surface area (Å²) in [6.45, 7) is 0. The Morgan fingerprint density at radius 2 is 1.86 bits per heavy atom. The van der Waals surface area contributed by atoms with Gasteiger partial charge in [-0.1, -0.05) is 6.07 Å². The Kier molecular flexibility index (Phi) is 4.10. The minimum absolute atomic E-state index is 0.0566. The van der Waals surface area contributed by atoms with E-state index < -0.39 is 11.9 Å². The highest BCUT2D eigenvalue weighted by Crippen LogP contribution is 2.22. The molecule has 0 unspecified atom stereocenters. The monoisotopic (exact) mass is 324 g/mol. The standard InChI is InChI=1S/C11H8N4O4S2/c16-7(17)4-2-1-3-5(6(4)8(18)19)12-9-13-10(20)15-11(21)14-9/h1-3H,(H,16,17)(H,18,19)(H3,12,13,14,15,20,21). The number of carboxylic acids is 2. The van der Waals surface area contributed by atoms with Crippen molar-refractivity contribution >= 4 is 48.0 Å². The van der Waals surface area contributed by atoms with Crippen molar-refractivity contribution in [2.45, 2.75) is 0 Å². The van der Waals surface area contributed by atoms with Crippen molar-refractivity contribution in [2.24, 2.45) is 0 Å². The lowest BCUT2D eigenvalue weighted by Crippen LogP contribution is -2.12. The van der Waals surface area contributed by atoms with E-state index in [0.29, 0.717) is 0 Å². The van der Waals surface area contributed by atoms with Crippen LogP contribution < -0.4 is 5.32 Å². The Balaban J connectivity index is 2.56. The number of hydrogen-bond donors (Lipinski definition) is 5. The quantitative estimate of drug-likeness (QED) is 0.542. The Morgan fingerprint density at radius 3 is 2.43 bits per heavy atom. The molecule has 108 valence electrons. The molecular weight excluding hydrogens is 316 g/mol. The van der Waals surface area contributed by atoms with E-state index in [0.717, 1.165) is 0 Å². The van der Waals surface area contributed by atoms with E-state index in [-0.39, 0.29) is 32.3 Å². The van der Waals surface area contributed by atoms with Gasteiger partial charge in [-0.25, -0.2) is 9.59 Å². The fourth-order valence-corrected chi connectivity index (χ4v) is 2.10. The second-order valence-corrected chi connectivity index (χ2v) is 4.60. The second kappa shape index (κ2) is 5.81. The molecule has 0 fully saturated rings. The predicted molar refractivity (Wildman–Crippen MR) is 78.2 cm³/mol. The van der Waals surface area contributed by atoms with Crippen molar-refractivity contribution in [3.8, 4) is 0 Å². The van der Waals surface area contributed by atoms with Crippen molar-refractivity contribution in [1.29, 1.82) is 0 Å². The summed E-state index contributed by atoms with van der Waals surface area (Å²) < 4.78 is 0.302. The normalized spacial score (nSPS) is 10.1. The lowest BCUT2D eigenvalue weighted by Gasteiger charge is -2.10. The van der Waals surface area contributed by atoms with E-state index in [1.165, 1.54) is 18.2 Å². The number of carboxylic acid groups (broad SMARTS) is 2. The average Bonchev–Trinajstić information content (AvgIpc) is 2.36. The van der Waals surface area contributed by atoms with Gasteiger partial charge in [0.1, 0.15) is 0 Å². The molecule has 1 heterocycles. The molecule has 10 heteroatoms. The maximum atomic E-state index is 11.3. The molecule has 0 aliphatic carbocycles. The topological polar surface area (TPSA) is 131 Å². The molecule has 0 saturated heterocycles. The van der Waals surface area contributed by atoms with Crippen LogP contribution in [0.15, 0.2) is 18.2 Å². The smallest absolute Gasteiger partial charge is 0.338 e. The van der Waals surface area contributed by atoms with Crippen LogP contribution in [0.3, 0.4) is 0 Å². The number of carbonyl (C=O) groups is 2. The van der Waals surface area contributed by atoms with Gasteiger partial charge >= 0.3 is 11.9 Å². The first kappa shape index (κ1) is 14.8. The predicted octanol–water partition coefficient (Wildman–Crippen LogP) is 2.34. The minimum Gasteiger partial charge on any atom is -0.478 e. The number of hydrogen-bond acceptors (Lipinski definition) is 6. The first-order valence-corrected chi connectivity index (χ1v) is 6.27. The molecule has 0 bridgehead atoms. The van der Waals surface area contributed by atoms with Crippen LogP contribution >= 0.6 is 24.4 Å². The van der Waals surface area contributed by atoms with Gasteiger partial charge < -0.3 is 25.5 Å². The van der Waals surface area contributed by atoms with E-state index >= 15 is 0 Å². The van der Waals surface area contributed by atoms with E-state index in [2.05, 4.69) is 20.3 Å². The minimum atomic E-state index is -1.38. The van der Waals surface area contributed by atoms with Crippen LogP contribution in [0, 0.1) is 9.54 Å². The third-order valence-corrected chi connectivity index (χ3v) is 2.83. The molecule has 21 heavy (non-hydrogen) atoms. The Hall–Kier alpha value is -2.59. The molecule has 0 atom stereocenters. The maximum absolute atomic E-state index is 11.3. The molecule has 0 amide bonds. The van der Waals surface area contributed by atoms with Crippen LogP contribution in [-0.4, -0.2) is 37.1 Å². The molecular formula is C11H8N4O4S2. The van der Waals surface area contributed by atoms with Gasteiger partial charge in [0.25, 0.3) is 0 Å². The number of H-pyrrole nitrogens is 2. The molecule has 0 saturated carbocycles. The number of rotatable bonds is 4. The van der Waals surface area contributed by atoms with E-state index in [9.17, 15) is 14.7 Å². The maximum Gasteiger partial charge on any atom is 0.338 e. The molecule has 0 spiro atoms. The molecule has 2 rings (SSSR count). The summed E-state index contributed by atoms with van der Waals surface area (Å²) in [7, 11) is 0. The first-order chi connectivity index (χ1) is 9.88. The first-order valence-electron chi connectivity index (χ1n) is 5.45. The third kappa shape index (κ3) is 3.30. The molecule has 8 nitrogen and oxygen atoms in total. The van der Waals surface area contributed by atoms with E-state index in [1.807, 2.05) is 0 Å². The van der Waals surface area contributed by atoms with Crippen LogP contribution in [0.25, 0.3) is 0 Å². The summed E-state index contributed by atoms with van der Waals surface area (Å²) >= 11 is 9.74. The Labute approximate surface area is 127 Å². The molecule has 2 aromatic rings. The van der Waals surface area contributed by atoms with Gasteiger partial charge in [-0.05, 0) is 36.6 Å². The van der Waals surface area contributed by atoms with Crippen LogP contribution in [0.4, 0.5) is 11.6 Å². The number of aromatic nitrogens is 3. The van der Waals surface area contributed by atoms with Gasteiger partial charge in [-0.3, -0.25) is 0 Å². The Morgan fingerprint density at radius 1 is 1.14 bits per heavy atom. The summed E-state index contributed by atoms with van der Waals surface area (Å²) in [5, 5.41) is 20.9. The number of benzene rings is 1. The largest absolute Gasteiger partial charge is 0.478 e. The summed E-state index contributed by atoms with van der Waals surface area (Å²) in [6.07, 6.45) is 0. The van der Waals surface area contributed by atoms with Gasteiger partial charge in [-0.2, -0.15) is 4.98 Å². The number of aromatic carboxylic acids is 2. The number of nitrogens with one attached hydrogen (secondary N) is 3. The fourth-order valence-electron chi connectivity index (χ4n) is 1.65. The highest BCUT2D eigenvalue weighted by atomic mass is 32.1. The molecule has 1 aromatic carbocycles. The summed E-state index contributed by atoms with van der Waals surface area (Å²) in [6, 6.07) is 4.02. The van der Waals surface area contributed by atoms with Crippen molar-refractivity contribution in [1.82, 2.24) is 15.0 Å². The Bertz CT molecular complexity index is 814.